The Morgan fingerprint density at radius 1 is 1.10 bits per heavy atom. The van der Waals surface area contributed by atoms with Crippen molar-refractivity contribution in [3.63, 3.8) is 0 Å². The molecule has 2 nitrogen and oxygen atoms in total. The first-order valence-electron chi connectivity index (χ1n) is 11.5. The minimum atomic E-state index is 0.0119. The number of hydrogen-bond donors (Lipinski definition) is 0. The summed E-state index contributed by atoms with van der Waals surface area (Å²) in [4.78, 5) is 0. The molecule has 0 bridgehead atoms. The number of hydrogen-bond acceptors (Lipinski definition) is 1. The second-order valence-electron chi connectivity index (χ2n) is 9.74. The van der Waals surface area contributed by atoms with E-state index >= 15 is 0 Å². The second kappa shape index (κ2) is 7.34. The van der Waals surface area contributed by atoms with Crippen molar-refractivity contribution < 1.29 is 4.74 Å². The first-order valence-corrected chi connectivity index (χ1v) is 11.5. The summed E-state index contributed by atoms with van der Waals surface area (Å²) in [5.74, 6) is 1.60. The van der Waals surface area contributed by atoms with Gasteiger partial charge in [-0.15, -0.1) is 0 Å². The zero-order chi connectivity index (χ0) is 20.9. The van der Waals surface area contributed by atoms with Crippen molar-refractivity contribution in [3.05, 3.63) is 65.7 Å². The second-order valence-corrected chi connectivity index (χ2v) is 9.74. The fourth-order valence-corrected chi connectivity index (χ4v) is 5.77. The largest absolute Gasteiger partial charge is 0.497 e. The van der Waals surface area contributed by atoms with Crippen LogP contribution in [0.15, 0.2) is 54.6 Å². The lowest BCUT2D eigenvalue weighted by Gasteiger charge is -2.30. The molecule has 3 aromatic rings. The van der Waals surface area contributed by atoms with Crippen molar-refractivity contribution in [3.8, 4) is 17.0 Å². The van der Waals surface area contributed by atoms with Crippen LogP contribution in [0.25, 0.3) is 22.2 Å². The van der Waals surface area contributed by atoms with Crippen LogP contribution in [0.2, 0.25) is 0 Å². The predicted octanol–water partition coefficient (Wildman–Crippen LogP) is 7.50. The van der Waals surface area contributed by atoms with Crippen molar-refractivity contribution in [2.75, 3.05) is 7.11 Å². The fourth-order valence-electron chi connectivity index (χ4n) is 5.77. The smallest absolute Gasteiger partial charge is 0.119 e. The van der Waals surface area contributed by atoms with E-state index in [1.807, 2.05) is 0 Å². The van der Waals surface area contributed by atoms with Crippen LogP contribution in [0.5, 0.6) is 5.75 Å². The van der Waals surface area contributed by atoms with Gasteiger partial charge in [0.15, 0.2) is 0 Å². The zero-order valence-electron chi connectivity index (χ0n) is 18.6. The lowest BCUT2D eigenvalue weighted by molar-refractivity contribution is 0.342. The standard InChI is InChI=1S/C28H33NO/c1-19(2)28(3)17-21-16-22(30-4)14-15-23(21)27-26(20-10-6-5-7-11-20)24-12-8-9-13-25(24)29(27)18-28/h8-9,12-16,20H,1,5-7,10-11,17-18H2,2-4H3. The zero-order valence-corrected chi connectivity index (χ0v) is 18.6. The van der Waals surface area contributed by atoms with Gasteiger partial charge in [-0.2, -0.15) is 0 Å². The third-order valence-corrected chi connectivity index (χ3v) is 7.71. The highest BCUT2D eigenvalue weighted by Gasteiger charge is 2.36. The Kier molecular flexibility index (Phi) is 4.76. The SMILES string of the molecule is C=C(C)C1(C)Cc2cc(OC)ccc2-c2c(C3CCCCC3)c3ccccc3n2C1. The summed E-state index contributed by atoms with van der Waals surface area (Å²) in [5, 5.41) is 1.45. The number of benzene rings is 2. The molecule has 0 N–H and O–H groups in total. The lowest BCUT2D eigenvalue weighted by Crippen LogP contribution is -2.25. The van der Waals surface area contributed by atoms with Gasteiger partial charge in [-0.3, -0.25) is 0 Å². The van der Waals surface area contributed by atoms with E-state index in [0.717, 1.165) is 18.7 Å². The van der Waals surface area contributed by atoms with Gasteiger partial charge < -0.3 is 9.30 Å². The molecule has 1 aliphatic heterocycles. The van der Waals surface area contributed by atoms with Gasteiger partial charge >= 0.3 is 0 Å². The highest BCUT2D eigenvalue weighted by atomic mass is 16.5. The molecule has 1 fully saturated rings. The van der Waals surface area contributed by atoms with Crippen LogP contribution in [0.3, 0.4) is 0 Å². The van der Waals surface area contributed by atoms with E-state index in [4.69, 9.17) is 4.74 Å². The Hall–Kier alpha value is -2.48. The quantitative estimate of drug-likeness (QED) is 0.416. The third-order valence-electron chi connectivity index (χ3n) is 7.71. The Labute approximate surface area is 180 Å². The molecule has 1 saturated carbocycles. The van der Waals surface area contributed by atoms with E-state index < -0.39 is 0 Å². The first kappa shape index (κ1) is 19.5. The molecule has 1 aromatic heterocycles. The Bertz CT molecular complexity index is 1120. The van der Waals surface area contributed by atoms with Gasteiger partial charge in [-0.1, -0.05) is 56.5 Å². The molecular weight excluding hydrogens is 366 g/mol. The minimum Gasteiger partial charge on any atom is -0.497 e. The Morgan fingerprint density at radius 2 is 1.87 bits per heavy atom. The average Bonchev–Trinajstić information content (AvgIpc) is 3.00. The molecular formula is C28H33NO. The van der Waals surface area contributed by atoms with Crippen molar-refractivity contribution in [1.82, 2.24) is 4.57 Å². The number of allylic oxidation sites excluding steroid dienone is 1. The Balaban J connectivity index is 1.85. The summed E-state index contributed by atoms with van der Waals surface area (Å²) in [6.45, 7) is 9.96. The maximum atomic E-state index is 5.61. The van der Waals surface area contributed by atoms with Crippen molar-refractivity contribution in [1.29, 1.82) is 0 Å². The van der Waals surface area contributed by atoms with Gasteiger partial charge in [0.2, 0.25) is 0 Å². The number of methoxy groups -OCH3 is 1. The topological polar surface area (TPSA) is 14.2 Å². The molecule has 0 radical (unpaired) electrons. The van der Waals surface area contributed by atoms with Gasteiger partial charge in [0, 0.05) is 28.4 Å². The van der Waals surface area contributed by atoms with E-state index in [9.17, 15) is 0 Å². The molecule has 2 heteroatoms. The van der Waals surface area contributed by atoms with Crippen LogP contribution >= 0.6 is 0 Å². The summed E-state index contributed by atoms with van der Waals surface area (Å²) < 4.78 is 8.23. The molecule has 0 spiro atoms. The van der Waals surface area contributed by atoms with Crippen molar-refractivity contribution in [2.24, 2.45) is 5.41 Å². The summed E-state index contributed by atoms with van der Waals surface area (Å²) >= 11 is 0. The molecule has 30 heavy (non-hydrogen) atoms. The minimum absolute atomic E-state index is 0.0119. The maximum absolute atomic E-state index is 5.61. The third kappa shape index (κ3) is 3.00. The number of fused-ring (bicyclic) bond motifs is 5. The van der Waals surface area contributed by atoms with Crippen molar-refractivity contribution in [2.45, 2.75) is 64.8 Å². The van der Waals surface area contributed by atoms with E-state index in [0.29, 0.717) is 5.92 Å². The molecule has 2 heterocycles. The summed E-state index contributed by atoms with van der Waals surface area (Å²) in [6.07, 6.45) is 7.70. The maximum Gasteiger partial charge on any atom is 0.119 e. The normalized spacial score (nSPS) is 21.7. The lowest BCUT2D eigenvalue weighted by atomic mass is 9.77. The van der Waals surface area contributed by atoms with Crippen LogP contribution in [0, 0.1) is 5.41 Å². The van der Waals surface area contributed by atoms with Gasteiger partial charge in [0.25, 0.3) is 0 Å². The van der Waals surface area contributed by atoms with Crippen LogP contribution < -0.4 is 4.74 Å². The number of para-hydroxylation sites is 1. The van der Waals surface area contributed by atoms with E-state index in [2.05, 4.69) is 67.5 Å². The van der Waals surface area contributed by atoms with Gasteiger partial charge in [0.05, 0.1) is 12.8 Å². The molecule has 5 rings (SSSR count). The van der Waals surface area contributed by atoms with E-state index in [-0.39, 0.29) is 5.41 Å². The highest BCUT2D eigenvalue weighted by Crippen LogP contribution is 2.49. The van der Waals surface area contributed by atoms with Crippen LogP contribution in [-0.2, 0) is 13.0 Å². The molecule has 156 valence electrons. The summed E-state index contributed by atoms with van der Waals surface area (Å²) in [6, 6.07) is 15.8. The Morgan fingerprint density at radius 3 is 2.60 bits per heavy atom. The molecule has 1 atom stereocenters. The first-order chi connectivity index (χ1) is 14.5. The monoisotopic (exact) mass is 399 g/mol. The van der Waals surface area contributed by atoms with Gasteiger partial charge in [-0.05, 0) is 67.5 Å². The number of aromatic nitrogens is 1. The predicted molar refractivity (Wildman–Crippen MR) is 126 cm³/mol. The molecule has 2 aliphatic rings. The summed E-state index contributed by atoms with van der Waals surface area (Å²) in [7, 11) is 1.76. The molecule has 0 amide bonds. The average molecular weight is 400 g/mol. The number of ether oxygens (including phenoxy) is 1. The molecule has 0 saturated heterocycles. The summed E-state index contributed by atoms with van der Waals surface area (Å²) in [5.41, 5.74) is 8.45. The van der Waals surface area contributed by atoms with E-state index in [1.54, 1.807) is 12.7 Å². The van der Waals surface area contributed by atoms with Crippen LogP contribution in [-0.4, -0.2) is 11.7 Å². The molecule has 2 aromatic carbocycles. The van der Waals surface area contributed by atoms with Gasteiger partial charge in [-0.25, -0.2) is 0 Å². The number of nitrogens with zero attached hydrogens (tertiary/aromatic N) is 1. The number of rotatable bonds is 3. The molecule has 1 aliphatic carbocycles. The fraction of sp³-hybridized carbons (Fsp3) is 0.429. The van der Waals surface area contributed by atoms with Gasteiger partial charge in [0.1, 0.15) is 5.75 Å². The highest BCUT2D eigenvalue weighted by molar-refractivity contribution is 5.93. The van der Waals surface area contributed by atoms with E-state index in [1.165, 1.54) is 65.4 Å². The van der Waals surface area contributed by atoms with Crippen LogP contribution in [0.4, 0.5) is 0 Å². The molecule has 1 unspecified atom stereocenters. The van der Waals surface area contributed by atoms with Crippen molar-refractivity contribution >= 4 is 10.9 Å². The van der Waals surface area contributed by atoms with Crippen LogP contribution in [0.1, 0.15) is 63.0 Å².